The zero-order valence-corrected chi connectivity index (χ0v) is 7.42. The molecule has 3 heteroatoms. The Balaban J connectivity index is 1.85. The van der Waals surface area contributed by atoms with E-state index in [1.807, 2.05) is 6.92 Å². The zero-order valence-electron chi connectivity index (χ0n) is 7.42. The van der Waals surface area contributed by atoms with E-state index in [-0.39, 0.29) is 5.91 Å². The minimum Gasteiger partial charge on any atom is -0.386 e. The molecule has 3 nitrogen and oxygen atoms in total. The maximum atomic E-state index is 11.1. The largest absolute Gasteiger partial charge is 0.386 e. The van der Waals surface area contributed by atoms with E-state index in [4.69, 9.17) is 0 Å². The van der Waals surface area contributed by atoms with Crippen LogP contribution in [0.25, 0.3) is 0 Å². The number of rotatable bonds is 2. The van der Waals surface area contributed by atoms with Gasteiger partial charge in [0.2, 0.25) is 5.91 Å². The van der Waals surface area contributed by atoms with Crippen LogP contribution >= 0.6 is 0 Å². The Morgan fingerprint density at radius 1 is 1.58 bits per heavy atom. The van der Waals surface area contributed by atoms with E-state index < -0.39 is 5.60 Å². The van der Waals surface area contributed by atoms with Crippen LogP contribution in [0.3, 0.4) is 0 Å². The van der Waals surface area contributed by atoms with Gasteiger partial charge in [-0.25, -0.2) is 0 Å². The van der Waals surface area contributed by atoms with Crippen LogP contribution in [0, 0.1) is 5.92 Å². The molecule has 0 aromatic carbocycles. The van der Waals surface area contributed by atoms with Gasteiger partial charge in [-0.3, -0.25) is 4.79 Å². The molecule has 1 N–H and O–H groups in total. The number of hydrogen-bond donors (Lipinski definition) is 1. The number of carbonyl (C=O) groups excluding carboxylic acids is 1. The molecule has 0 atom stereocenters. The molecule has 12 heavy (non-hydrogen) atoms. The van der Waals surface area contributed by atoms with Gasteiger partial charge in [0, 0.05) is 6.42 Å². The quantitative estimate of drug-likeness (QED) is 0.649. The van der Waals surface area contributed by atoms with Gasteiger partial charge in [0.25, 0.3) is 0 Å². The molecule has 0 spiro atoms. The summed E-state index contributed by atoms with van der Waals surface area (Å²) < 4.78 is 0. The van der Waals surface area contributed by atoms with Crippen molar-refractivity contribution in [1.82, 2.24) is 4.90 Å². The molecule has 0 aromatic rings. The van der Waals surface area contributed by atoms with Crippen LogP contribution in [0.4, 0.5) is 0 Å². The van der Waals surface area contributed by atoms with Crippen molar-refractivity contribution < 1.29 is 9.90 Å². The third-order valence-corrected chi connectivity index (χ3v) is 2.92. The van der Waals surface area contributed by atoms with Gasteiger partial charge in [0.15, 0.2) is 0 Å². The number of carbonyl (C=O) groups is 1. The van der Waals surface area contributed by atoms with E-state index in [1.165, 1.54) is 0 Å². The highest BCUT2D eigenvalue weighted by Gasteiger charge is 2.52. The predicted octanol–water partition coefficient (Wildman–Crippen LogP) is 0.380. The molecule has 0 aromatic heterocycles. The van der Waals surface area contributed by atoms with Gasteiger partial charge in [0.05, 0.1) is 13.1 Å². The maximum Gasteiger partial charge on any atom is 0.222 e. The number of β-amino-alcohol motifs (C(OH)–C–C–N with tert-alkyl or cyclic N) is 1. The summed E-state index contributed by atoms with van der Waals surface area (Å²) in [5.74, 6) is 0.652. The average molecular weight is 169 g/mol. The second kappa shape index (κ2) is 2.46. The Morgan fingerprint density at radius 2 is 2.17 bits per heavy atom. The van der Waals surface area contributed by atoms with Crippen LogP contribution in [-0.4, -0.2) is 34.6 Å². The van der Waals surface area contributed by atoms with Crippen molar-refractivity contribution in [3.05, 3.63) is 0 Å². The zero-order chi connectivity index (χ0) is 8.77. The van der Waals surface area contributed by atoms with E-state index in [0.717, 1.165) is 12.8 Å². The first-order valence-electron chi connectivity index (χ1n) is 4.66. The van der Waals surface area contributed by atoms with Crippen LogP contribution in [0.5, 0.6) is 0 Å². The highest BCUT2D eigenvalue weighted by molar-refractivity contribution is 5.77. The summed E-state index contributed by atoms with van der Waals surface area (Å²) in [7, 11) is 0. The molecule has 1 amide bonds. The first kappa shape index (κ1) is 8.05. The van der Waals surface area contributed by atoms with Gasteiger partial charge >= 0.3 is 0 Å². The van der Waals surface area contributed by atoms with Gasteiger partial charge in [-0.1, -0.05) is 6.92 Å². The number of likely N-dealkylation sites (tertiary alicyclic amines) is 1. The van der Waals surface area contributed by atoms with Gasteiger partial charge in [-0.2, -0.15) is 0 Å². The van der Waals surface area contributed by atoms with Crippen molar-refractivity contribution in [3.63, 3.8) is 0 Å². The number of amides is 1. The van der Waals surface area contributed by atoms with Gasteiger partial charge in [-0.05, 0) is 18.8 Å². The monoisotopic (exact) mass is 169 g/mol. The van der Waals surface area contributed by atoms with Crippen LogP contribution in [0.15, 0.2) is 0 Å². The van der Waals surface area contributed by atoms with E-state index >= 15 is 0 Å². The molecule has 2 aliphatic rings. The summed E-state index contributed by atoms with van der Waals surface area (Å²) >= 11 is 0. The summed E-state index contributed by atoms with van der Waals surface area (Å²) in [4.78, 5) is 12.9. The lowest BCUT2D eigenvalue weighted by molar-refractivity contribution is -0.158. The molecule has 1 saturated carbocycles. The minimum atomic E-state index is -0.509. The highest BCUT2D eigenvalue weighted by Crippen LogP contribution is 2.44. The molecular formula is C9H15NO2. The fourth-order valence-electron chi connectivity index (χ4n) is 1.89. The molecule has 2 fully saturated rings. The van der Waals surface area contributed by atoms with Crippen LogP contribution < -0.4 is 0 Å². The fraction of sp³-hybridized carbons (Fsp3) is 0.889. The molecule has 1 aliphatic heterocycles. The van der Waals surface area contributed by atoms with Gasteiger partial charge in [-0.15, -0.1) is 0 Å². The number of hydrogen-bond acceptors (Lipinski definition) is 2. The molecular weight excluding hydrogens is 154 g/mol. The third kappa shape index (κ3) is 1.12. The van der Waals surface area contributed by atoms with E-state index in [1.54, 1.807) is 4.90 Å². The van der Waals surface area contributed by atoms with Crippen molar-refractivity contribution in [1.29, 1.82) is 0 Å². The smallest absolute Gasteiger partial charge is 0.222 e. The first-order valence-corrected chi connectivity index (χ1v) is 4.66. The summed E-state index contributed by atoms with van der Waals surface area (Å²) in [6.45, 7) is 3.01. The lowest BCUT2D eigenvalue weighted by Crippen LogP contribution is -2.64. The molecule has 1 saturated heterocycles. The van der Waals surface area contributed by atoms with Gasteiger partial charge in [0.1, 0.15) is 5.60 Å². The second-order valence-electron chi connectivity index (χ2n) is 3.98. The number of nitrogens with zero attached hydrogens (tertiary/aromatic N) is 1. The van der Waals surface area contributed by atoms with Crippen molar-refractivity contribution in [2.24, 2.45) is 5.92 Å². The predicted molar refractivity (Wildman–Crippen MR) is 44.5 cm³/mol. The van der Waals surface area contributed by atoms with E-state index in [9.17, 15) is 9.90 Å². The Morgan fingerprint density at radius 3 is 2.58 bits per heavy atom. The Hall–Kier alpha value is -0.570. The molecule has 0 bridgehead atoms. The molecule has 0 radical (unpaired) electrons. The highest BCUT2D eigenvalue weighted by atomic mass is 16.3. The SMILES string of the molecule is CCC(=O)N1CC(O)(C2CC2)C1. The summed E-state index contributed by atoms with van der Waals surface area (Å²) in [5.41, 5.74) is -0.509. The Kier molecular flexibility index (Phi) is 1.65. The Labute approximate surface area is 72.4 Å². The lowest BCUT2D eigenvalue weighted by Gasteiger charge is -2.47. The molecule has 1 aliphatic carbocycles. The third-order valence-electron chi connectivity index (χ3n) is 2.92. The van der Waals surface area contributed by atoms with Crippen LogP contribution in [0.1, 0.15) is 26.2 Å². The summed E-state index contributed by atoms with van der Waals surface area (Å²) in [6, 6.07) is 0. The van der Waals surface area contributed by atoms with Crippen molar-refractivity contribution in [3.8, 4) is 0 Å². The topological polar surface area (TPSA) is 40.5 Å². The molecule has 2 rings (SSSR count). The lowest BCUT2D eigenvalue weighted by atomic mass is 9.88. The van der Waals surface area contributed by atoms with E-state index in [0.29, 0.717) is 25.4 Å². The van der Waals surface area contributed by atoms with Crippen molar-refractivity contribution in [2.45, 2.75) is 31.8 Å². The minimum absolute atomic E-state index is 0.167. The molecule has 0 unspecified atom stereocenters. The van der Waals surface area contributed by atoms with Crippen molar-refractivity contribution >= 4 is 5.91 Å². The maximum absolute atomic E-state index is 11.1. The van der Waals surface area contributed by atoms with Crippen LogP contribution in [-0.2, 0) is 4.79 Å². The summed E-state index contributed by atoms with van der Waals surface area (Å²) in [5, 5.41) is 9.87. The first-order chi connectivity index (χ1) is 5.65. The second-order valence-corrected chi connectivity index (χ2v) is 3.98. The van der Waals surface area contributed by atoms with Gasteiger partial charge < -0.3 is 10.0 Å². The average Bonchev–Trinajstić information content (AvgIpc) is 2.79. The number of aliphatic hydroxyl groups is 1. The fourth-order valence-corrected chi connectivity index (χ4v) is 1.89. The molecule has 1 heterocycles. The van der Waals surface area contributed by atoms with Crippen LogP contribution in [0.2, 0.25) is 0 Å². The Bertz CT molecular complexity index is 205. The van der Waals surface area contributed by atoms with E-state index in [2.05, 4.69) is 0 Å². The standard InChI is InChI=1S/C9H15NO2/c1-2-8(11)10-5-9(12,6-10)7-3-4-7/h7,12H,2-6H2,1H3. The molecule has 68 valence electrons. The summed E-state index contributed by atoms with van der Waals surface area (Å²) in [6.07, 6.45) is 2.84. The normalized spacial score (nSPS) is 26.7. The van der Waals surface area contributed by atoms with Crippen molar-refractivity contribution in [2.75, 3.05) is 13.1 Å².